The number of fused-ring (bicyclic) bond motifs is 1. The quantitative estimate of drug-likeness (QED) is 0.206. The first kappa shape index (κ1) is 27.8. The first-order valence-electron chi connectivity index (χ1n) is 13.5. The number of aromatic nitrogens is 1. The monoisotopic (exact) mass is 524 g/mol. The Kier molecular flexibility index (Phi) is 9.68. The average molecular weight is 525 g/mol. The van der Waals surface area contributed by atoms with Gasteiger partial charge in [-0.05, 0) is 71.3 Å². The van der Waals surface area contributed by atoms with Crippen molar-refractivity contribution in [2.45, 2.75) is 52.7 Å². The molecule has 1 atom stereocenters. The van der Waals surface area contributed by atoms with Crippen LogP contribution in [0.1, 0.15) is 66.7 Å². The van der Waals surface area contributed by atoms with Crippen LogP contribution in [0.3, 0.4) is 0 Å². The molecule has 6 heteroatoms. The van der Waals surface area contributed by atoms with E-state index in [9.17, 15) is 9.59 Å². The van der Waals surface area contributed by atoms with Gasteiger partial charge in [0.1, 0.15) is 12.4 Å². The van der Waals surface area contributed by atoms with Gasteiger partial charge in [0, 0.05) is 18.2 Å². The summed E-state index contributed by atoms with van der Waals surface area (Å²) >= 11 is 0. The van der Waals surface area contributed by atoms with Crippen molar-refractivity contribution in [3.8, 4) is 5.75 Å². The predicted octanol–water partition coefficient (Wildman–Crippen LogP) is 6.83. The number of hydrogen-bond acceptors (Lipinski definition) is 5. The third kappa shape index (κ3) is 7.66. The summed E-state index contributed by atoms with van der Waals surface area (Å²) in [6.45, 7) is 6.73. The summed E-state index contributed by atoms with van der Waals surface area (Å²) < 4.78 is 11.0. The Labute approximate surface area is 230 Å². The smallest absolute Gasteiger partial charge is 0.306 e. The van der Waals surface area contributed by atoms with Crippen LogP contribution in [-0.4, -0.2) is 23.5 Å². The van der Waals surface area contributed by atoms with E-state index in [0.29, 0.717) is 36.9 Å². The minimum atomic E-state index is -0.277. The molecule has 0 saturated carbocycles. The fourth-order valence-electron chi connectivity index (χ4n) is 4.74. The highest BCUT2D eigenvalue weighted by Crippen LogP contribution is 2.29. The summed E-state index contributed by atoms with van der Waals surface area (Å²) in [7, 11) is 0. The Balaban J connectivity index is 1.63. The fourth-order valence-corrected chi connectivity index (χ4v) is 4.74. The molecule has 1 aromatic heterocycles. The van der Waals surface area contributed by atoms with Gasteiger partial charge in [0.15, 0.2) is 0 Å². The third-order valence-electron chi connectivity index (χ3n) is 6.57. The molecule has 1 amide bonds. The molecule has 0 aliphatic heterocycles. The van der Waals surface area contributed by atoms with Gasteiger partial charge in [0.25, 0.3) is 5.91 Å². The van der Waals surface area contributed by atoms with Gasteiger partial charge in [-0.1, -0.05) is 68.4 Å². The van der Waals surface area contributed by atoms with E-state index in [0.717, 1.165) is 33.9 Å². The normalized spacial score (nSPS) is 11.8. The first-order chi connectivity index (χ1) is 18.9. The number of nitrogens with zero attached hydrogens (tertiary/aromatic N) is 1. The molecule has 6 nitrogen and oxygen atoms in total. The molecule has 0 aliphatic rings. The van der Waals surface area contributed by atoms with E-state index in [-0.39, 0.29) is 24.3 Å². The van der Waals surface area contributed by atoms with Crippen molar-refractivity contribution in [1.29, 1.82) is 0 Å². The van der Waals surface area contributed by atoms with Crippen molar-refractivity contribution >= 4 is 22.6 Å². The second-order valence-electron chi connectivity index (χ2n) is 10.00. The summed E-state index contributed by atoms with van der Waals surface area (Å²) in [5.41, 5.74) is 3.29. The van der Waals surface area contributed by atoms with Gasteiger partial charge in [-0.2, -0.15) is 0 Å². The molecule has 0 aliphatic carbocycles. The van der Waals surface area contributed by atoms with Crippen LogP contribution in [0.15, 0.2) is 85.2 Å². The van der Waals surface area contributed by atoms with Gasteiger partial charge in [0.2, 0.25) is 0 Å². The molecular weight excluding hydrogens is 488 g/mol. The second kappa shape index (κ2) is 13.6. The van der Waals surface area contributed by atoms with Gasteiger partial charge in [-0.3, -0.25) is 14.6 Å². The van der Waals surface area contributed by atoms with Crippen molar-refractivity contribution in [2.24, 2.45) is 5.92 Å². The minimum absolute atomic E-state index is 0.170. The van der Waals surface area contributed by atoms with Crippen LogP contribution in [0.25, 0.3) is 10.8 Å². The number of rotatable bonds is 12. The Morgan fingerprint density at radius 2 is 1.79 bits per heavy atom. The van der Waals surface area contributed by atoms with Crippen LogP contribution in [0.2, 0.25) is 0 Å². The van der Waals surface area contributed by atoms with E-state index in [1.165, 1.54) is 0 Å². The Morgan fingerprint density at radius 1 is 0.974 bits per heavy atom. The maximum absolute atomic E-state index is 13.9. The molecule has 4 aromatic rings. The SMILES string of the molecule is CCOC(=O)CCc1ccc(COc2cccnc2)cc1C(=O)NC(CC(C)C)c1cccc2ccccc12. The Hall–Kier alpha value is -4.19. The standard InChI is InChI=1S/C33H36N2O4/c1-4-38-32(36)17-16-26-15-14-24(22-39-27-11-8-18-34-21-27)20-30(26)33(37)35-31(19-23(2)3)29-13-7-10-25-9-5-6-12-28(25)29/h5-15,18,20-21,23,31H,4,16-17,19,22H2,1-3H3,(H,35,37). The lowest BCUT2D eigenvalue weighted by atomic mass is 9.92. The van der Waals surface area contributed by atoms with E-state index in [1.807, 2.05) is 48.5 Å². The van der Waals surface area contributed by atoms with Gasteiger partial charge < -0.3 is 14.8 Å². The van der Waals surface area contributed by atoms with Crippen molar-refractivity contribution in [3.63, 3.8) is 0 Å². The third-order valence-corrected chi connectivity index (χ3v) is 6.57. The molecule has 0 radical (unpaired) electrons. The number of carbonyl (C=O) groups excluding carboxylic acids is 2. The van der Waals surface area contributed by atoms with Crippen molar-refractivity contribution in [1.82, 2.24) is 10.3 Å². The lowest BCUT2D eigenvalue weighted by Crippen LogP contribution is -2.30. The van der Waals surface area contributed by atoms with Gasteiger partial charge in [0.05, 0.1) is 18.8 Å². The molecule has 1 unspecified atom stereocenters. The average Bonchev–Trinajstić information content (AvgIpc) is 2.95. The molecular formula is C33H36N2O4. The molecule has 0 saturated heterocycles. The van der Waals surface area contributed by atoms with Gasteiger partial charge in [-0.15, -0.1) is 0 Å². The zero-order valence-corrected chi connectivity index (χ0v) is 22.9. The highest BCUT2D eigenvalue weighted by atomic mass is 16.5. The van der Waals surface area contributed by atoms with Crippen molar-refractivity contribution in [3.05, 3.63) is 107 Å². The van der Waals surface area contributed by atoms with E-state index >= 15 is 0 Å². The Morgan fingerprint density at radius 3 is 2.56 bits per heavy atom. The van der Waals surface area contributed by atoms with E-state index in [4.69, 9.17) is 9.47 Å². The highest BCUT2D eigenvalue weighted by molar-refractivity contribution is 5.97. The maximum atomic E-state index is 13.9. The first-order valence-corrected chi connectivity index (χ1v) is 13.5. The number of ether oxygens (including phenoxy) is 2. The molecule has 4 rings (SSSR count). The highest BCUT2D eigenvalue weighted by Gasteiger charge is 2.21. The second-order valence-corrected chi connectivity index (χ2v) is 10.00. The maximum Gasteiger partial charge on any atom is 0.306 e. The number of esters is 1. The number of amides is 1. The van der Waals surface area contributed by atoms with Crippen LogP contribution < -0.4 is 10.1 Å². The summed E-state index contributed by atoms with van der Waals surface area (Å²) in [6.07, 6.45) is 4.76. The number of benzene rings is 3. The fraction of sp³-hybridized carbons (Fsp3) is 0.303. The minimum Gasteiger partial charge on any atom is -0.487 e. The van der Waals surface area contributed by atoms with Crippen molar-refractivity contribution < 1.29 is 19.1 Å². The zero-order valence-electron chi connectivity index (χ0n) is 22.9. The van der Waals surface area contributed by atoms with Crippen molar-refractivity contribution in [2.75, 3.05) is 6.61 Å². The van der Waals surface area contributed by atoms with E-state index < -0.39 is 0 Å². The van der Waals surface area contributed by atoms with Crippen LogP contribution in [0.5, 0.6) is 5.75 Å². The van der Waals surface area contributed by atoms with Crippen LogP contribution in [-0.2, 0) is 22.6 Å². The number of aryl methyl sites for hydroxylation is 1. The lowest BCUT2D eigenvalue weighted by Gasteiger charge is -2.24. The molecule has 1 heterocycles. The summed E-state index contributed by atoms with van der Waals surface area (Å²) in [6, 6.07) is 23.7. The summed E-state index contributed by atoms with van der Waals surface area (Å²) in [5.74, 6) is 0.580. The lowest BCUT2D eigenvalue weighted by molar-refractivity contribution is -0.143. The summed E-state index contributed by atoms with van der Waals surface area (Å²) in [4.78, 5) is 30.1. The summed E-state index contributed by atoms with van der Waals surface area (Å²) in [5, 5.41) is 5.59. The molecule has 0 spiro atoms. The molecule has 0 bridgehead atoms. The van der Waals surface area contributed by atoms with E-state index in [2.05, 4.69) is 48.4 Å². The topological polar surface area (TPSA) is 77.5 Å². The number of hydrogen-bond donors (Lipinski definition) is 1. The van der Waals surface area contributed by atoms with Crippen LogP contribution in [0, 0.1) is 5.92 Å². The molecule has 1 N–H and O–H groups in total. The number of pyridine rings is 1. The van der Waals surface area contributed by atoms with Gasteiger partial charge in [-0.25, -0.2) is 0 Å². The largest absolute Gasteiger partial charge is 0.487 e. The molecule has 202 valence electrons. The zero-order chi connectivity index (χ0) is 27.6. The number of nitrogens with one attached hydrogen (secondary N) is 1. The van der Waals surface area contributed by atoms with Crippen LogP contribution in [0.4, 0.5) is 0 Å². The van der Waals surface area contributed by atoms with E-state index in [1.54, 1.807) is 19.3 Å². The number of carbonyl (C=O) groups is 2. The predicted molar refractivity (Wildman–Crippen MR) is 154 cm³/mol. The van der Waals surface area contributed by atoms with Crippen LogP contribution >= 0.6 is 0 Å². The molecule has 3 aromatic carbocycles. The van der Waals surface area contributed by atoms with Gasteiger partial charge >= 0.3 is 5.97 Å². The Bertz CT molecular complexity index is 1400. The molecule has 0 fully saturated rings. The molecule has 39 heavy (non-hydrogen) atoms.